The Labute approximate surface area is 145 Å². The standard InChI is InChI=1S/C18H15ClN2O3/c1-11-8-13(20-3)9-12(2)17(11)18(23)24-10-16(22)21-15-7-5-4-6-14(15)19/h4-9H,10H2,1-2H3,(H,21,22). The minimum atomic E-state index is -0.601. The molecule has 0 radical (unpaired) electrons. The average molecular weight is 343 g/mol. The van der Waals surface area contributed by atoms with Gasteiger partial charge in [-0.3, -0.25) is 4.79 Å². The molecule has 0 spiro atoms. The number of nitrogens with zero attached hydrogens (tertiary/aromatic N) is 1. The fraction of sp³-hybridized carbons (Fsp3) is 0.167. The van der Waals surface area contributed by atoms with Crippen LogP contribution in [0.4, 0.5) is 11.4 Å². The second kappa shape index (κ2) is 7.62. The minimum absolute atomic E-state index is 0.368. The fourth-order valence-electron chi connectivity index (χ4n) is 2.28. The number of esters is 1. The molecule has 24 heavy (non-hydrogen) atoms. The highest BCUT2D eigenvalue weighted by atomic mass is 35.5. The second-order valence-electron chi connectivity index (χ2n) is 5.17. The number of halogens is 1. The molecule has 5 nitrogen and oxygen atoms in total. The Morgan fingerprint density at radius 1 is 1.21 bits per heavy atom. The van der Waals surface area contributed by atoms with E-state index in [1.165, 1.54) is 0 Å². The second-order valence-corrected chi connectivity index (χ2v) is 5.58. The van der Waals surface area contributed by atoms with Gasteiger partial charge in [-0.05, 0) is 37.1 Å². The topological polar surface area (TPSA) is 59.8 Å². The molecule has 0 aliphatic rings. The van der Waals surface area contributed by atoms with Gasteiger partial charge in [0.25, 0.3) is 5.91 Å². The first-order valence-corrected chi connectivity index (χ1v) is 7.50. The summed E-state index contributed by atoms with van der Waals surface area (Å²) >= 11 is 5.95. The number of rotatable bonds is 4. The molecule has 1 amide bonds. The van der Waals surface area contributed by atoms with Crippen molar-refractivity contribution in [2.24, 2.45) is 0 Å². The number of benzene rings is 2. The summed E-state index contributed by atoms with van der Waals surface area (Å²) in [7, 11) is 0. The zero-order valence-corrected chi connectivity index (χ0v) is 14.0. The molecule has 0 saturated heterocycles. The van der Waals surface area contributed by atoms with Gasteiger partial charge in [-0.15, -0.1) is 0 Å². The van der Waals surface area contributed by atoms with E-state index in [4.69, 9.17) is 22.9 Å². The van der Waals surface area contributed by atoms with Crippen LogP contribution >= 0.6 is 11.6 Å². The van der Waals surface area contributed by atoms with Gasteiger partial charge in [0.2, 0.25) is 0 Å². The first-order valence-electron chi connectivity index (χ1n) is 7.12. The molecule has 2 aromatic rings. The first kappa shape index (κ1) is 17.5. The Hall–Kier alpha value is -2.84. The zero-order chi connectivity index (χ0) is 17.7. The molecule has 0 fully saturated rings. The van der Waals surface area contributed by atoms with Crippen molar-refractivity contribution >= 4 is 34.9 Å². The van der Waals surface area contributed by atoms with Crippen LogP contribution in [0.3, 0.4) is 0 Å². The van der Waals surface area contributed by atoms with Gasteiger partial charge in [-0.2, -0.15) is 0 Å². The van der Waals surface area contributed by atoms with Crippen LogP contribution in [0.5, 0.6) is 0 Å². The molecular weight excluding hydrogens is 328 g/mol. The van der Waals surface area contributed by atoms with E-state index >= 15 is 0 Å². The van der Waals surface area contributed by atoms with Crippen LogP contribution in [0.15, 0.2) is 36.4 Å². The number of ether oxygens (including phenoxy) is 1. The maximum atomic E-state index is 12.2. The van der Waals surface area contributed by atoms with Gasteiger partial charge < -0.3 is 10.1 Å². The van der Waals surface area contributed by atoms with E-state index in [0.29, 0.717) is 33.1 Å². The molecule has 2 aromatic carbocycles. The van der Waals surface area contributed by atoms with Crippen molar-refractivity contribution in [3.05, 3.63) is 69.5 Å². The van der Waals surface area contributed by atoms with Gasteiger partial charge >= 0.3 is 5.97 Å². The SMILES string of the molecule is [C-]#[N+]c1cc(C)c(C(=O)OCC(=O)Nc2ccccc2Cl)c(C)c1. The lowest BCUT2D eigenvalue weighted by Gasteiger charge is -2.11. The van der Waals surface area contributed by atoms with Crippen LogP contribution in [-0.4, -0.2) is 18.5 Å². The van der Waals surface area contributed by atoms with Crippen molar-refractivity contribution in [1.82, 2.24) is 0 Å². The Morgan fingerprint density at radius 2 is 1.83 bits per heavy atom. The predicted molar refractivity (Wildman–Crippen MR) is 92.5 cm³/mol. The zero-order valence-electron chi connectivity index (χ0n) is 13.2. The largest absolute Gasteiger partial charge is 0.452 e. The molecule has 0 aliphatic heterocycles. The third kappa shape index (κ3) is 4.12. The fourth-order valence-corrected chi connectivity index (χ4v) is 2.46. The number of para-hydroxylation sites is 1. The molecule has 2 rings (SSSR count). The number of anilines is 1. The molecule has 122 valence electrons. The third-order valence-electron chi connectivity index (χ3n) is 3.33. The van der Waals surface area contributed by atoms with Gasteiger partial charge in [0.15, 0.2) is 12.3 Å². The minimum Gasteiger partial charge on any atom is -0.452 e. The van der Waals surface area contributed by atoms with Crippen LogP contribution in [0.2, 0.25) is 5.02 Å². The van der Waals surface area contributed by atoms with Gasteiger partial charge in [-0.1, -0.05) is 35.9 Å². The molecule has 0 saturated carbocycles. The summed E-state index contributed by atoms with van der Waals surface area (Å²) in [6, 6.07) is 10.0. The quantitative estimate of drug-likeness (QED) is 0.665. The number of carbonyl (C=O) groups is 2. The lowest BCUT2D eigenvalue weighted by Crippen LogP contribution is -2.21. The summed E-state index contributed by atoms with van der Waals surface area (Å²) in [4.78, 5) is 27.4. The smallest absolute Gasteiger partial charge is 0.339 e. The molecule has 0 aliphatic carbocycles. The van der Waals surface area contributed by atoms with E-state index in [0.717, 1.165) is 0 Å². The Kier molecular flexibility index (Phi) is 5.56. The van der Waals surface area contributed by atoms with Crippen molar-refractivity contribution in [2.75, 3.05) is 11.9 Å². The third-order valence-corrected chi connectivity index (χ3v) is 3.66. The predicted octanol–water partition coefficient (Wildman–Crippen LogP) is 4.30. The average Bonchev–Trinajstić information content (AvgIpc) is 2.54. The van der Waals surface area contributed by atoms with E-state index in [1.807, 2.05) is 0 Å². The lowest BCUT2D eigenvalue weighted by atomic mass is 10.0. The normalized spacial score (nSPS) is 9.92. The van der Waals surface area contributed by atoms with E-state index < -0.39 is 18.5 Å². The summed E-state index contributed by atoms with van der Waals surface area (Å²) in [6.45, 7) is 10.0. The molecule has 0 atom stereocenters. The van der Waals surface area contributed by atoms with Crippen LogP contribution in [0.1, 0.15) is 21.5 Å². The molecule has 0 bridgehead atoms. The Morgan fingerprint density at radius 3 is 2.42 bits per heavy atom. The highest BCUT2D eigenvalue weighted by Crippen LogP contribution is 2.23. The summed E-state index contributed by atoms with van der Waals surface area (Å²) in [5.41, 5.74) is 2.55. The van der Waals surface area contributed by atoms with Gasteiger partial charge in [0, 0.05) is 0 Å². The highest BCUT2D eigenvalue weighted by Gasteiger charge is 2.16. The van der Waals surface area contributed by atoms with Gasteiger partial charge in [0.1, 0.15) is 0 Å². The summed E-state index contributed by atoms with van der Waals surface area (Å²) < 4.78 is 5.07. The molecule has 6 heteroatoms. The van der Waals surface area contributed by atoms with Crippen LogP contribution in [0.25, 0.3) is 4.85 Å². The van der Waals surface area contributed by atoms with Crippen molar-refractivity contribution in [3.63, 3.8) is 0 Å². The van der Waals surface area contributed by atoms with Crippen molar-refractivity contribution < 1.29 is 14.3 Å². The summed E-state index contributed by atoms with van der Waals surface area (Å²) in [5, 5.41) is 2.98. The van der Waals surface area contributed by atoms with Crippen molar-refractivity contribution in [2.45, 2.75) is 13.8 Å². The summed E-state index contributed by atoms with van der Waals surface area (Å²) in [5.74, 6) is -1.08. The van der Waals surface area contributed by atoms with E-state index in [2.05, 4.69) is 10.2 Å². The maximum absolute atomic E-state index is 12.2. The molecule has 0 unspecified atom stereocenters. The molecular formula is C18H15ClN2O3. The highest BCUT2D eigenvalue weighted by molar-refractivity contribution is 6.33. The van der Waals surface area contributed by atoms with Gasteiger partial charge in [0.05, 0.1) is 22.8 Å². The van der Waals surface area contributed by atoms with E-state index in [9.17, 15) is 9.59 Å². The number of carbonyl (C=O) groups excluding carboxylic acids is 2. The first-order chi connectivity index (χ1) is 11.4. The lowest BCUT2D eigenvalue weighted by molar-refractivity contribution is -0.119. The number of hydrogen-bond acceptors (Lipinski definition) is 3. The maximum Gasteiger partial charge on any atom is 0.339 e. The monoisotopic (exact) mass is 342 g/mol. The van der Waals surface area contributed by atoms with Crippen LogP contribution in [0, 0.1) is 20.4 Å². The summed E-state index contributed by atoms with van der Waals surface area (Å²) in [6.07, 6.45) is 0. The number of nitrogens with one attached hydrogen (secondary N) is 1. The number of hydrogen-bond donors (Lipinski definition) is 1. The van der Waals surface area contributed by atoms with E-state index in [-0.39, 0.29) is 0 Å². The number of aryl methyl sites for hydroxylation is 2. The molecule has 0 heterocycles. The van der Waals surface area contributed by atoms with Crippen LogP contribution in [-0.2, 0) is 9.53 Å². The van der Waals surface area contributed by atoms with Crippen molar-refractivity contribution in [3.8, 4) is 0 Å². The van der Waals surface area contributed by atoms with Crippen LogP contribution < -0.4 is 5.32 Å². The Bertz CT molecular complexity index is 817. The number of amides is 1. The Balaban J connectivity index is 2.02. The molecule has 1 N–H and O–H groups in total. The van der Waals surface area contributed by atoms with Gasteiger partial charge in [-0.25, -0.2) is 9.64 Å². The van der Waals surface area contributed by atoms with E-state index in [1.54, 1.807) is 50.2 Å². The van der Waals surface area contributed by atoms with Crippen molar-refractivity contribution in [1.29, 1.82) is 0 Å². The molecule has 0 aromatic heterocycles.